The number of likely N-dealkylation sites (tertiary alicyclic amines) is 1. The van der Waals surface area contributed by atoms with Crippen molar-refractivity contribution >= 4 is 11.8 Å². The Hall–Kier alpha value is -3.03. The molecule has 142 valence electrons. The van der Waals surface area contributed by atoms with Crippen molar-refractivity contribution < 1.29 is 9.59 Å². The summed E-state index contributed by atoms with van der Waals surface area (Å²) in [6, 6.07) is 7.00. The second kappa shape index (κ2) is 8.57. The molecule has 1 unspecified atom stereocenters. The summed E-state index contributed by atoms with van der Waals surface area (Å²) in [6.45, 7) is 2.95. The van der Waals surface area contributed by atoms with Crippen molar-refractivity contribution in [2.24, 2.45) is 5.92 Å². The lowest BCUT2D eigenvalue weighted by molar-refractivity contribution is -0.138. The van der Waals surface area contributed by atoms with E-state index in [9.17, 15) is 14.4 Å². The van der Waals surface area contributed by atoms with Gasteiger partial charge in [0.1, 0.15) is 5.82 Å². The minimum atomic E-state index is -0.240. The molecular formula is C19H23N5O3. The van der Waals surface area contributed by atoms with E-state index in [1.54, 1.807) is 18.0 Å². The number of hydrogen-bond donors (Lipinski definition) is 2. The maximum absolute atomic E-state index is 12.5. The topological polar surface area (TPSA) is 108 Å². The van der Waals surface area contributed by atoms with Crippen molar-refractivity contribution in [1.82, 2.24) is 25.2 Å². The van der Waals surface area contributed by atoms with Crippen LogP contribution in [-0.2, 0) is 22.6 Å². The molecule has 3 rings (SSSR count). The van der Waals surface area contributed by atoms with E-state index >= 15 is 0 Å². The summed E-state index contributed by atoms with van der Waals surface area (Å²) in [5.74, 6) is 0.279. The van der Waals surface area contributed by atoms with E-state index < -0.39 is 0 Å². The van der Waals surface area contributed by atoms with Crippen LogP contribution in [0.25, 0.3) is 0 Å². The van der Waals surface area contributed by atoms with Gasteiger partial charge in [-0.15, -0.1) is 0 Å². The maximum Gasteiger partial charge on any atom is 0.251 e. The van der Waals surface area contributed by atoms with Crippen LogP contribution in [0, 0.1) is 12.8 Å². The molecule has 8 heteroatoms. The molecule has 27 heavy (non-hydrogen) atoms. The summed E-state index contributed by atoms with van der Waals surface area (Å²) >= 11 is 0. The molecule has 1 aliphatic heterocycles. The number of aryl methyl sites for hydroxylation is 1. The van der Waals surface area contributed by atoms with Crippen LogP contribution in [0.15, 0.2) is 35.3 Å². The minimum absolute atomic E-state index is 0.0474. The molecule has 0 aliphatic carbocycles. The van der Waals surface area contributed by atoms with Crippen LogP contribution in [0.5, 0.6) is 0 Å². The van der Waals surface area contributed by atoms with Crippen LogP contribution < -0.4 is 10.9 Å². The predicted octanol–water partition coefficient (Wildman–Crippen LogP) is 0.571. The zero-order chi connectivity index (χ0) is 19.2. The number of hydrogen-bond acceptors (Lipinski definition) is 5. The molecule has 1 saturated heterocycles. The van der Waals surface area contributed by atoms with E-state index in [1.165, 1.54) is 6.07 Å². The number of carbonyl (C=O) groups excluding carboxylic acids is 2. The van der Waals surface area contributed by atoms with Gasteiger partial charge < -0.3 is 15.2 Å². The van der Waals surface area contributed by atoms with Crippen molar-refractivity contribution in [1.29, 1.82) is 0 Å². The van der Waals surface area contributed by atoms with Crippen LogP contribution in [0.1, 0.15) is 30.1 Å². The standard InChI is InChI=1S/C19H23N5O3/c1-13-10-17(25)23-16(22-13)7-9-21-19(27)14-5-6-18(26)24(11-14)12-15-4-2-3-8-20-15/h2-4,8,10,14H,5-7,9,11-12H2,1H3,(H,21,27)(H,22,23,25). The van der Waals surface area contributed by atoms with E-state index in [1.807, 2.05) is 18.2 Å². The van der Waals surface area contributed by atoms with Crippen LogP contribution in [-0.4, -0.2) is 44.8 Å². The third-order valence-electron chi connectivity index (χ3n) is 4.53. The maximum atomic E-state index is 12.5. The summed E-state index contributed by atoms with van der Waals surface area (Å²) in [5, 5.41) is 2.88. The second-order valence-electron chi connectivity index (χ2n) is 6.71. The highest BCUT2D eigenvalue weighted by molar-refractivity contribution is 5.83. The molecule has 0 radical (unpaired) electrons. The predicted molar refractivity (Wildman–Crippen MR) is 98.7 cm³/mol. The number of rotatable bonds is 6. The summed E-state index contributed by atoms with van der Waals surface area (Å²) in [4.78, 5) is 48.9. The first kappa shape index (κ1) is 18.8. The Kier molecular flexibility index (Phi) is 5.95. The molecule has 2 N–H and O–H groups in total. The van der Waals surface area contributed by atoms with Gasteiger partial charge in [-0.05, 0) is 25.5 Å². The number of amides is 2. The fraction of sp³-hybridized carbons (Fsp3) is 0.421. The molecule has 8 nitrogen and oxygen atoms in total. The lowest BCUT2D eigenvalue weighted by Crippen LogP contribution is -2.45. The summed E-state index contributed by atoms with van der Waals surface area (Å²) in [6.07, 6.45) is 3.05. The molecule has 2 aromatic rings. The van der Waals surface area contributed by atoms with Crippen LogP contribution in [0.3, 0.4) is 0 Å². The van der Waals surface area contributed by atoms with Crippen molar-refractivity contribution in [3.63, 3.8) is 0 Å². The SMILES string of the molecule is Cc1cc(=O)[nH]c(CCNC(=O)C2CCC(=O)N(Cc3ccccn3)C2)n1. The molecule has 0 aromatic carbocycles. The molecular weight excluding hydrogens is 346 g/mol. The Morgan fingerprint density at radius 2 is 2.22 bits per heavy atom. The quantitative estimate of drug-likeness (QED) is 0.774. The number of carbonyl (C=O) groups is 2. The Morgan fingerprint density at radius 1 is 1.37 bits per heavy atom. The van der Waals surface area contributed by atoms with Gasteiger partial charge in [-0.3, -0.25) is 19.4 Å². The molecule has 1 atom stereocenters. The molecule has 1 aliphatic rings. The van der Waals surface area contributed by atoms with E-state index in [4.69, 9.17) is 0 Å². The van der Waals surface area contributed by atoms with Crippen LogP contribution in [0.4, 0.5) is 0 Å². The first-order valence-electron chi connectivity index (χ1n) is 9.03. The number of aromatic amines is 1. The Labute approximate surface area is 157 Å². The zero-order valence-electron chi connectivity index (χ0n) is 15.3. The van der Waals surface area contributed by atoms with E-state index in [2.05, 4.69) is 20.3 Å². The van der Waals surface area contributed by atoms with Crippen LogP contribution in [0.2, 0.25) is 0 Å². The van der Waals surface area contributed by atoms with Crippen molar-refractivity contribution in [3.8, 4) is 0 Å². The highest BCUT2D eigenvalue weighted by Gasteiger charge is 2.30. The third kappa shape index (κ3) is 5.22. The third-order valence-corrected chi connectivity index (χ3v) is 4.53. The Bertz CT molecular complexity index is 865. The van der Waals surface area contributed by atoms with Gasteiger partial charge in [0.15, 0.2) is 0 Å². The van der Waals surface area contributed by atoms with Gasteiger partial charge in [0.2, 0.25) is 11.8 Å². The largest absolute Gasteiger partial charge is 0.355 e. The lowest BCUT2D eigenvalue weighted by Gasteiger charge is -2.31. The number of nitrogens with one attached hydrogen (secondary N) is 2. The lowest BCUT2D eigenvalue weighted by atomic mass is 9.96. The zero-order valence-corrected chi connectivity index (χ0v) is 15.3. The normalized spacial score (nSPS) is 17.0. The fourth-order valence-electron chi connectivity index (χ4n) is 3.18. The van der Waals surface area contributed by atoms with E-state index in [0.29, 0.717) is 50.4 Å². The highest BCUT2D eigenvalue weighted by atomic mass is 16.2. The van der Waals surface area contributed by atoms with Crippen LogP contribution >= 0.6 is 0 Å². The van der Waals surface area contributed by atoms with E-state index in [-0.39, 0.29) is 23.3 Å². The summed E-state index contributed by atoms with van der Waals surface area (Å²) in [5.41, 5.74) is 1.26. The molecule has 0 saturated carbocycles. The van der Waals surface area contributed by atoms with Gasteiger partial charge >= 0.3 is 0 Å². The van der Waals surface area contributed by atoms with Crippen molar-refractivity contribution in [2.75, 3.05) is 13.1 Å². The molecule has 2 amide bonds. The molecule has 2 aromatic heterocycles. The Balaban J connectivity index is 1.52. The second-order valence-corrected chi connectivity index (χ2v) is 6.71. The first-order chi connectivity index (χ1) is 13.0. The number of aromatic nitrogens is 3. The highest BCUT2D eigenvalue weighted by Crippen LogP contribution is 2.19. The smallest absolute Gasteiger partial charge is 0.251 e. The van der Waals surface area contributed by atoms with Gasteiger partial charge in [0, 0.05) is 43.9 Å². The number of pyridine rings is 1. The molecule has 1 fully saturated rings. The average Bonchev–Trinajstić information content (AvgIpc) is 2.63. The molecule has 0 bridgehead atoms. The minimum Gasteiger partial charge on any atom is -0.355 e. The number of piperidine rings is 1. The molecule has 3 heterocycles. The van der Waals surface area contributed by atoms with Gasteiger partial charge in [-0.1, -0.05) is 6.07 Å². The van der Waals surface area contributed by atoms with Gasteiger partial charge in [0.05, 0.1) is 18.2 Å². The van der Waals surface area contributed by atoms with Gasteiger partial charge in [-0.2, -0.15) is 0 Å². The summed E-state index contributed by atoms with van der Waals surface area (Å²) < 4.78 is 0. The van der Waals surface area contributed by atoms with E-state index in [0.717, 1.165) is 5.69 Å². The van der Waals surface area contributed by atoms with Crippen molar-refractivity contribution in [2.45, 2.75) is 32.7 Å². The number of nitrogens with zero attached hydrogens (tertiary/aromatic N) is 3. The Morgan fingerprint density at radius 3 is 2.96 bits per heavy atom. The van der Waals surface area contributed by atoms with Crippen molar-refractivity contribution in [3.05, 3.63) is 58.0 Å². The average molecular weight is 369 g/mol. The monoisotopic (exact) mass is 369 g/mol. The van der Waals surface area contributed by atoms with Gasteiger partial charge in [0.25, 0.3) is 5.56 Å². The fourth-order valence-corrected chi connectivity index (χ4v) is 3.18. The summed E-state index contributed by atoms with van der Waals surface area (Å²) in [7, 11) is 0. The van der Waals surface area contributed by atoms with Gasteiger partial charge in [-0.25, -0.2) is 4.98 Å². The first-order valence-corrected chi connectivity index (χ1v) is 9.03. The number of H-pyrrole nitrogens is 1. The molecule has 0 spiro atoms.